The van der Waals surface area contributed by atoms with Crippen molar-refractivity contribution in [2.45, 2.75) is 71.5 Å². The van der Waals surface area contributed by atoms with Crippen molar-refractivity contribution in [3.8, 4) is 0 Å². The smallest absolute Gasteiger partial charge is 0.311 e. The topological polar surface area (TPSA) is 63.6 Å². The van der Waals surface area contributed by atoms with E-state index in [1.165, 1.54) is 0 Å². The van der Waals surface area contributed by atoms with Crippen LogP contribution < -0.4 is 0 Å². The SMILES string of the molecule is CCOC(=O)C1(C)CCN(C2=NOC3(C2)CN(CC2(C)C=CC=C4OC(C)(C)CC42)C3)CC1. The highest BCUT2D eigenvalue weighted by molar-refractivity contribution is 5.85. The average Bonchev–Trinajstić information content (AvgIpc) is 3.30. The lowest BCUT2D eigenvalue weighted by Gasteiger charge is -2.49. The minimum Gasteiger partial charge on any atom is -0.492 e. The van der Waals surface area contributed by atoms with Gasteiger partial charge in [-0.2, -0.15) is 0 Å². The molecule has 0 bridgehead atoms. The van der Waals surface area contributed by atoms with Gasteiger partial charge in [0, 0.05) is 44.1 Å². The summed E-state index contributed by atoms with van der Waals surface area (Å²) in [5.41, 5.74) is -0.580. The highest BCUT2D eigenvalue weighted by Crippen LogP contribution is 2.51. The highest BCUT2D eigenvalue weighted by atomic mass is 16.7. The van der Waals surface area contributed by atoms with E-state index >= 15 is 0 Å². The van der Waals surface area contributed by atoms with Gasteiger partial charge in [-0.05, 0) is 53.0 Å². The third kappa shape index (κ3) is 4.07. The van der Waals surface area contributed by atoms with E-state index in [1.54, 1.807) is 0 Å². The standard InChI is InChI=1S/C26H39N3O4/c1-6-31-22(30)24(4)10-12-29(13-11-24)21-15-26(33-27-21)17-28(18-26)16-25(5)9-7-8-20-19(25)14-23(2,3)32-20/h7-9,19H,6,10-18H2,1-5H3. The Kier molecular flexibility index (Phi) is 5.35. The zero-order valence-corrected chi connectivity index (χ0v) is 20.9. The molecular weight excluding hydrogens is 418 g/mol. The zero-order valence-electron chi connectivity index (χ0n) is 20.9. The fourth-order valence-corrected chi connectivity index (χ4v) is 6.35. The van der Waals surface area contributed by atoms with Crippen molar-refractivity contribution in [1.29, 1.82) is 0 Å². The number of hydrogen-bond donors (Lipinski definition) is 0. The monoisotopic (exact) mass is 457 g/mol. The van der Waals surface area contributed by atoms with Crippen LogP contribution in [-0.4, -0.2) is 72.1 Å². The lowest BCUT2D eigenvalue weighted by atomic mass is 9.70. The number of piperidine rings is 1. The molecule has 0 aromatic heterocycles. The van der Waals surface area contributed by atoms with Gasteiger partial charge in [0.1, 0.15) is 17.2 Å². The molecule has 0 N–H and O–H groups in total. The highest BCUT2D eigenvalue weighted by Gasteiger charge is 2.54. The number of amidine groups is 1. The quantitative estimate of drug-likeness (QED) is 0.600. The second kappa shape index (κ2) is 7.76. The molecule has 33 heavy (non-hydrogen) atoms. The van der Waals surface area contributed by atoms with E-state index in [9.17, 15) is 4.79 Å². The van der Waals surface area contributed by atoms with Crippen molar-refractivity contribution in [3.63, 3.8) is 0 Å². The van der Waals surface area contributed by atoms with Gasteiger partial charge in [-0.1, -0.05) is 24.2 Å². The molecule has 0 aromatic carbocycles. The minimum absolute atomic E-state index is 0.0697. The maximum absolute atomic E-state index is 12.3. The Hall–Kier alpha value is -2.02. The molecule has 1 aliphatic carbocycles. The molecule has 3 saturated heterocycles. The van der Waals surface area contributed by atoms with Gasteiger partial charge in [-0.25, -0.2) is 0 Å². The van der Waals surface area contributed by atoms with Gasteiger partial charge in [0.05, 0.1) is 18.4 Å². The van der Waals surface area contributed by atoms with Crippen molar-refractivity contribution in [3.05, 3.63) is 24.0 Å². The first-order valence-corrected chi connectivity index (χ1v) is 12.5. The van der Waals surface area contributed by atoms with Gasteiger partial charge in [-0.3, -0.25) is 9.69 Å². The second-order valence-electron chi connectivity index (χ2n) is 11.9. The number of likely N-dealkylation sites (tertiary alicyclic amines) is 2. The number of rotatable bonds is 4. The summed E-state index contributed by atoms with van der Waals surface area (Å²) in [6.45, 7) is 15.5. The molecule has 0 radical (unpaired) electrons. The molecule has 2 atom stereocenters. The van der Waals surface area contributed by atoms with Crippen molar-refractivity contribution >= 4 is 11.8 Å². The van der Waals surface area contributed by atoms with E-state index in [-0.39, 0.29) is 28.0 Å². The number of esters is 1. The number of allylic oxidation sites excluding steroid dienone is 3. The summed E-state index contributed by atoms with van der Waals surface area (Å²) in [7, 11) is 0. The summed E-state index contributed by atoms with van der Waals surface area (Å²) in [5, 5.41) is 4.49. The molecule has 182 valence electrons. The largest absolute Gasteiger partial charge is 0.492 e. The van der Waals surface area contributed by atoms with Crippen LogP contribution in [0, 0.1) is 16.7 Å². The average molecular weight is 458 g/mol. The van der Waals surface area contributed by atoms with Crippen LogP contribution in [0.5, 0.6) is 0 Å². The Balaban J connectivity index is 1.13. The zero-order chi connectivity index (χ0) is 23.5. The van der Waals surface area contributed by atoms with Gasteiger partial charge < -0.3 is 19.2 Å². The Morgan fingerprint density at radius 1 is 1.21 bits per heavy atom. The first-order chi connectivity index (χ1) is 15.6. The molecule has 7 heteroatoms. The molecule has 4 heterocycles. The number of ether oxygens (including phenoxy) is 2. The number of oxime groups is 1. The number of carbonyl (C=O) groups excluding carboxylic acids is 1. The molecule has 0 saturated carbocycles. The van der Waals surface area contributed by atoms with Crippen LogP contribution >= 0.6 is 0 Å². The van der Waals surface area contributed by atoms with Crippen molar-refractivity contribution in [2.75, 3.05) is 39.3 Å². The fraction of sp³-hybridized carbons (Fsp3) is 0.769. The van der Waals surface area contributed by atoms with E-state index in [1.807, 2.05) is 13.8 Å². The first-order valence-electron chi connectivity index (χ1n) is 12.5. The fourth-order valence-electron chi connectivity index (χ4n) is 6.35. The van der Waals surface area contributed by atoms with Crippen LogP contribution in [0.4, 0.5) is 0 Å². The Morgan fingerprint density at radius 2 is 1.94 bits per heavy atom. The van der Waals surface area contributed by atoms with E-state index in [0.717, 1.165) is 70.0 Å². The molecule has 0 aromatic rings. The van der Waals surface area contributed by atoms with Crippen molar-refractivity contribution in [1.82, 2.24) is 9.80 Å². The third-order valence-electron chi connectivity index (χ3n) is 8.38. The Morgan fingerprint density at radius 3 is 2.64 bits per heavy atom. The predicted octanol–water partition coefficient (Wildman–Crippen LogP) is 3.71. The van der Waals surface area contributed by atoms with Crippen LogP contribution in [0.15, 0.2) is 29.1 Å². The van der Waals surface area contributed by atoms with Crippen LogP contribution in [0.2, 0.25) is 0 Å². The van der Waals surface area contributed by atoms with Gasteiger partial charge in [0.25, 0.3) is 0 Å². The van der Waals surface area contributed by atoms with Gasteiger partial charge in [-0.15, -0.1) is 0 Å². The summed E-state index contributed by atoms with van der Waals surface area (Å²) >= 11 is 0. The van der Waals surface area contributed by atoms with Gasteiger partial charge in [0.2, 0.25) is 0 Å². The molecule has 7 nitrogen and oxygen atoms in total. The second-order valence-corrected chi connectivity index (χ2v) is 11.9. The van der Waals surface area contributed by atoms with Gasteiger partial charge >= 0.3 is 5.97 Å². The summed E-state index contributed by atoms with van der Waals surface area (Å²) < 4.78 is 11.5. The molecule has 4 aliphatic heterocycles. The molecule has 5 rings (SSSR count). The van der Waals surface area contributed by atoms with Crippen LogP contribution in [0.1, 0.15) is 60.3 Å². The van der Waals surface area contributed by atoms with E-state index < -0.39 is 0 Å². The maximum atomic E-state index is 12.3. The van der Waals surface area contributed by atoms with E-state index in [4.69, 9.17) is 14.3 Å². The van der Waals surface area contributed by atoms with E-state index in [0.29, 0.717) is 12.5 Å². The predicted molar refractivity (Wildman–Crippen MR) is 126 cm³/mol. The normalized spacial score (nSPS) is 33.5. The lowest BCUT2D eigenvalue weighted by Crippen LogP contribution is -2.64. The van der Waals surface area contributed by atoms with E-state index in [2.05, 4.69) is 54.0 Å². The first kappa shape index (κ1) is 22.8. The van der Waals surface area contributed by atoms with Crippen molar-refractivity contribution in [2.24, 2.45) is 21.9 Å². The number of fused-ring (bicyclic) bond motifs is 1. The molecular formula is C26H39N3O4. The number of nitrogens with zero attached hydrogens (tertiary/aromatic N) is 3. The molecule has 1 spiro atoms. The van der Waals surface area contributed by atoms with Crippen LogP contribution in [0.25, 0.3) is 0 Å². The van der Waals surface area contributed by atoms with Crippen molar-refractivity contribution < 1.29 is 19.1 Å². The third-order valence-corrected chi connectivity index (χ3v) is 8.38. The molecule has 5 aliphatic rings. The number of hydrogen-bond acceptors (Lipinski definition) is 7. The molecule has 2 unspecified atom stereocenters. The summed E-state index contributed by atoms with van der Waals surface area (Å²) in [5.74, 6) is 2.55. The van der Waals surface area contributed by atoms with Crippen LogP contribution in [0.3, 0.4) is 0 Å². The number of carbonyl (C=O) groups is 1. The lowest BCUT2D eigenvalue weighted by molar-refractivity contribution is -0.156. The van der Waals surface area contributed by atoms with Crippen LogP contribution in [-0.2, 0) is 19.1 Å². The Bertz CT molecular complexity index is 893. The maximum Gasteiger partial charge on any atom is 0.311 e. The minimum atomic E-state index is -0.383. The van der Waals surface area contributed by atoms with Gasteiger partial charge in [0.15, 0.2) is 5.60 Å². The molecule has 0 amide bonds. The Labute approximate surface area is 197 Å². The summed E-state index contributed by atoms with van der Waals surface area (Å²) in [6, 6.07) is 0. The summed E-state index contributed by atoms with van der Waals surface area (Å²) in [4.78, 5) is 23.1. The summed E-state index contributed by atoms with van der Waals surface area (Å²) in [6.07, 6.45) is 10.2. The molecule has 3 fully saturated rings.